The molecule has 0 aromatic heterocycles. The van der Waals surface area contributed by atoms with E-state index in [1.165, 1.54) is 6.07 Å². The van der Waals surface area contributed by atoms with Crippen LogP contribution in [0.1, 0.15) is 5.56 Å². The maximum absolute atomic E-state index is 13.2. The second-order valence-electron chi connectivity index (χ2n) is 2.81. The summed E-state index contributed by atoms with van der Waals surface area (Å²) in [6.07, 6.45) is 0. The van der Waals surface area contributed by atoms with E-state index in [9.17, 15) is 4.39 Å². The van der Waals surface area contributed by atoms with E-state index in [1.807, 2.05) is 0 Å². The summed E-state index contributed by atoms with van der Waals surface area (Å²) in [6, 6.07) is 4.69. The molecule has 0 fully saturated rings. The number of hydrogen-bond acceptors (Lipinski definition) is 3. The summed E-state index contributed by atoms with van der Waals surface area (Å²) in [4.78, 5) is 0. The number of ether oxygens (including phenoxy) is 2. The molecule has 3 nitrogen and oxygen atoms in total. The van der Waals surface area contributed by atoms with Crippen LogP contribution in [0.4, 0.5) is 4.39 Å². The predicted molar refractivity (Wildman–Crippen MR) is 51.7 cm³/mol. The van der Waals surface area contributed by atoms with Crippen LogP contribution in [0.3, 0.4) is 0 Å². The van der Waals surface area contributed by atoms with Crippen molar-refractivity contribution in [3.63, 3.8) is 0 Å². The molecule has 0 aliphatic heterocycles. The number of methoxy groups -OCH3 is 1. The monoisotopic (exact) mass is 199 g/mol. The Kier molecular flexibility index (Phi) is 4.35. The Balaban J connectivity index is 2.59. The third kappa shape index (κ3) is 2.97. The molecule has 14 heavy (non-hydrogen) atoms. The van der Waals surface area contributed by atoms with E-state index in [1.54, 1.807) is 19.2 Å². The SMILES string of the molecule is COCCOc1ccc(CN)cc1F. The Morgan fingerprint density at radius 3 is 2.71 bits per heavy atom. The number of rotatable bonds is 5. The maximum Gasteiger partial charge on any atom is 0.165 e. The van der Waals surface area contributed by atoms with Gasteiger partial charge >= 0.3 is 0 Å². The Hall–Kier alpha value is -1.13. The van der Waals surface area contributed by atoms with E-state index in [-0.39, 0.29) is 11.6 Å². The van der Waals surface area contributed by atoms with Crippen molar-refractivity contribution in [2.45, 2.75) is 6.54 Å². The van der Waals surface area contributed by atoms with Crippen molar-refractivity contribution >= 4 is 0 Å². The molecule has 0 bridgehead atoms. The fourth-order valence-electron chi connectivity index (χ4n) is 1.02. The van der Waals surface area contributed by atoms with Crippen LogP contribution in [-0.2, 0) is 11.3 Å². The molecule has 0 heterocycles. The van der Waals surface area contributed by atoms with Crippen LogP contribution >= 0.6 is 0 Å². The van der Waals surface area contributed by atoms with Crippen molar-refractivity contribution in [1.29, 1.82) is 0 Å². The van der Waals surface area contributed by atoms with Crippen molar-refractivity contribution in [2.24, 2.45) is 5.73 Å². The summed E-state index contributed by atoms with van der Waals surface area (Å²) in [5, 5.41) is 0. The van der Waals surface area contributed by atoms with Crippen LogP contribution in [0.25, 0.3) is 0 Å². The molecule has 0 unspecified atom stereocenters. The molecule has 1 aromatic carbocycles. The van der Waals surface area contributed by atoms with Gasteiger partial charge in [-0.1, -0.05) is 6.07 Å². The van der Waals surface area contributed by atoms with Crippen molar-refractivity contribution < 1.29 is 13.9 Å². The molecule has 1 rings (SSSR count). The highest BCUT2D eigenvalue weighted by molar-refractivity contribution is 5.29. The molecule has 1 aromatic rings. The first kappa shape index (κ1) is 10.9. The van der Waals surface area contributed by atoms with Gasteiger partial charge in [-0.15, -0.1) is 0 Å². The molecule has 0 aliphatic rings. The minimum absolute atomic E-state index is 0.235. The average molecular weight is 199 g/mol. The highest BCUT2D eigenvalue weighted by Gasteiger charge is 2.03. The van der Waals surface area contributed by atoms with Gasteiger partial charge in [-0.25, -0.2) is 4.39 Å². The highest BCUT2D eigenvalue weighted by atomic mass is 19.1. The van der Waals surface area contributed by atoms with Crippen molar-refractivity contribution in [2.75, 3.05) is 20.3 Å². The number of benzene rings is 1. The molecular formula is C10H14FNO2. The Morgan fingerprint density at radius 2 is 2.14 bits per heavy atom. The summed E-state index contributed by atoms with van der Waals surface area (Å²) in [5.41, 5.74) is 6.11. The predicted octanol–water partition coefficient (Wildman–Crippen LogP) is 1.31. The quantitative estimate of drug-likeness (QED) is 0.727. The first-order valence-electron chi connectivity index (χ1n) is 4.38. The van der Waals surface area contributed by atoms with Gasteiger partial charge in [0.1, 0.15) is 6.61 Å². The van der Waals surface area contributed by atoms with E-state index >= 15 is 0 Å². The lowest BCUT2D eigenvalue weighted by molar-refractivity contribution is 0.144. The topological polar surface area (TPSA) is 44.5 Å². The molecule has 0 saturated heterocycles. The summed E-state index contributed by atoms with van der Waals surface area (Å²) < 4.78 is 23.2. The fourth-order valence-corrected chi connectivity index (χ4v) is 1.02. The van der Waals surface area contributed by atoms with Gasteiger partial charge in [-0.3, -0.25) is 0 Å². The van der Waals surface area contributed by atoms with Crippen molar-refractivity contribution in [3.8, 4) is 5.75 Å². The molecule has 2 N–H and O–H groups in total. The lowest BCUT2D eigenvalue weighted by atomic mass is 10.2. The van der Waals surface area contributed by atoms with Crippen molar-refractivity contribution in [1.82, 2.24) is 0 Å². The van der Waals surface area contributed by atoms with Gasteiger partial charge in [0.05, 0.1) is 6.61 Å². The second-order valence-corrected chi connectivity index (χ2v) is 2.81. The summed E-state index contributed by atoms with van der Waals surface area (Å²) in [6.45, 7) is 1.11. The van der Waals surface area contributed by atoms with E-state index in [2.05, 4.69) is 0 Å². The third-order valence-electron chi connectivity index (χ3n) is 1.78. The maximum atomic E-state index is 13.2. The molecule has 78 valence electrons. The molecule has 0 atom stereocenters. The number of nitrogens with two attached hydrogens (primary N) is 1. The summed E-state index contributed by atoms with van der Waals surface area (Å²) in [7, 11) is 1.57. The number of hydrogen-bond donors (Lipinski definition) is 1. The minimum atomic E-state index is -0.385. The normalized spacial score (nSPS) is 10.2. The van der Waals surface area contributed by atoms with Crippen LogP contribution < -0.4 is 10.5 Å². The van der Waals surface area contributed by atoms with E-state index in [0.717, 1.165) is 5.56 Å². The summed E-state index contributed by atoms with van der Waals surface area (Å²) in [5.74, 6) is -0.150. The van der Waals surface area contributed by atoms with Crippen LogP contribution in [0.2, 0.25) is 0 Å². The lowest BCUT2D eigenvalue weighted by Gasteiger charge is -2.07. The second kappa shape index (κ2) is 5.57. The molecule has 0 radical (unpaired) electrons. The zero-order valence-corrected chi connectivity index (χ0v) is 8.13. The van der Waals surface area contributed by atoms with Gasteiger partial charge in [-0.2, -0.15) is 0 Å². The molecule has 0 amide bonds. The van der Waals surface area contributed by atoms with E-state index < -0.39 is 0 Å². The first-order chi connectivity index (χ1) is 6.77. The fraction of sp³-hybridized carbons (Fsp3) is 0.400. The lowest BCUT2D eigenvalue weighted by Crippen LogP contribution is -2.06. The highest BCUT2D eigenvalue weighted by Crippen LogP contribution is 2.17. The molecule has 0 aliphatic carbocycles. The van der Waals surface area contributed by atoms with Gasteiger partial charge < -0.3 is 15.2 Å². The number of halogens is 1. The van der Waals surface area contributed by atoms with E-state index in [4.69, 9.17) is 15.2 Å². The zero-order chi connectivity index (χ0) is 10.4. The van der Waals surface area contributed by atoms with Crippen LogP contribution in [0.5, 0.6) is 5.75 Å². The van der Waals surface area contributed by atoms with Crippen LogP contribution in [0.15, 0.2) is 18.2 Å². The molecule has 4 heteroatoms. The largest absolute Gasteiger partial charge is 0.488 e. The van der Waals surface area contributed by atoms with E-state index in [0.29, 0.717) is 19.8 Å². The van der Waals surface area contributed by atoms with Gasteiger partial charge in [0, 0.05) is 13.7 Å². The third-order valence-corrected chi connectivity index (χ3v) is 1.78. The van der Waals surface area contributed by atoms with Gasteiger partial charge in [-0.05, 0) is 17.7 Å². The average Bonchev–Trinajstić information content (AvgIpc) is 2.20. The van der Waals surface area contributed by atoms with Crippen LogP contribution in [-0.4, -0.2) is 20.3 Å². The standard InChI is InChI=1S/C10H14FNO2/c1-13-4-5-14-10-3-2-8(7-12)6-9(10)11/h2-3,6H,4-5,7,12H2,1H3. The molecule has 0 saturated carbocycles. The van der Waals surface area contributed by atoms with Crippen molar-refractivity contribution in [3.05, 3.63) is 29.6 Å². The Labute approximate surface area is 82.6 Å². The Bertz CT molecular complexity index is 291. The summed E-state index contributed by atoms with van der Waals surface area (Å²) >= 11 is 0. The molecular weight excluding hydrogens is 185 g/mol. The van der Waals surface area contributed by atoms with Gasteiger partial charge in [0.2, 0.25) is 0 Å². The smallest absolute Gasteiger partial charge is 0.165 e. The Morgan fingerprint density at radius 1 is 1.36 bits per heavy atom. The minimum Gasteiger partial charge on any atom is -0.488 e. The first-order valence-corrected chi connectivity index (χ1v) is 4.38. The van der Waals surface area contributed by atoms with Gasteiger partial charge in [0.25, 0.3) is 0 Å². The molecule has 0 spiro atoms. The zero-order valence-electron chi connectivity index (χ0n) is 8.13. The van der Waals surface area contributed by atoms with Gasteiger partial charge in [0.15, 0.2) is 11.6 Å². The van der Waals surface area contributed by atoms with Crippen LogP contribution in [0, 0.1) is 5.82 Å².